The number of nitrogens with zero attached hydrogens (tertiary/aromatic N) is 3. The molecule has 0 amide bonds. The molecule has 2 aromatic rings. The second kappa shape index (κ2) is 8.05. The summed E-state index contributed by atoms with van der Waals surface area (Å²) in [6.45, 7) is 7.29. The molecule has 140 valence electrons. The molecule has 2 heterocycles. The Kier molecular flexibility index (Phi) is 5.78. The molecule has 5 nitrogen and oxygen atoms in total. The van der Waals surface area contributed by atoms with Gasteiger partial charge in [-0.3, -0.25) is 4.90 Å². The lowest BCUT2D eigenvalue weighted by molar-refractivity contribution is -0.0801. The zero-order chi connectivity index (χ0) is 18.7. The van der Waals surface area contributed by atoms with Crippen LogP contribution in [0.4, 0.5) is 14.7 Å². The van der Waals surface area contributed by atoms with Crippen molar-refractivity contribution in [3.63, 3.8) is 0 Å². The highest BCUT2D eigenvalue weighted by atomic mass is 19.1. The van der Waals surface area contributed by atoms with Crippen LogP contribution in [0.15, 0.2) is 30.5 Å². The topological polar surface area (TPSA) is 50.3 Å². The molecular formula is C19H24F2N4O. The number of hydrogen-bond acceptors (Lipinski definition) is 5. The average molecular weight is 362 g/mol. The Balaban J connectivity index is 1.88. The van der Waals surface area contributed by atoms with Crippen molar-refractivity contribution in [2.24, 2.45) is 0 Å². The van der Waals surface area contributed by atoms with Crippen molar-refractivity contribution in [3.05, 3.63) is 53.4 Å². The molecule has 1 fully saturated rings. The number of morpholine rings is 1. The molecule has 1 N–H and O–H groups in total. The number of hydrogen-bond donors (Lipinski definition) is 1. The third-order valence-corrected chi connectivity index (χ3v) is 4.47. The molecule has 3 unspecified atom stereocenters. The van der Waals surface area contributed by atoms with Crippen LogP contribution in [0, 0.1) is 18.6 Å². The van der Waals surface area contributed by atoms with Gasteiger partial charge in [0.05, 0.1) is 18.2 Å². The van der Waals surface area contributed by atoms with Gasteiger partial charge >= 0.3 is 0 Å². The van der Waals surface area contributed by atoms with Crippen LogP contribution in [0.5, 0.6) is 0 Å². The third kappa shape index (κ3) is 4.34. The van der Waals surface area contributed by atoms with Crippen LogP contribution in [-0.2, 0) is 4.74 Å². The van der Waals surface area contributed by atoms with Gasteiger partial charge in [-0.2, -0.15) is 0 Å². The fourth-order valence-corrected chi connectivity index (χ4v) is 3.44. The van der Waals surface area contributed by atoms with E-state index in [4.69, 9.17) is 4.74 Å². The van der Waals surface area contributed by atoms with Gasteiger partial charge < -0.3 is 10.1 Å². The van der Waals surface area contributed by atoms with Crippen LogP contribution >= 0.6 is 0 Å². The molecule has 1 aliphatic heterocycles. The molecular weight excluding hydrogens is 338 g/mol. The fraction of sp³-hybridized carbons (Fsp3) is 0.474. The molecule has 3 rings (SSSR count). The Bertz CT molecular complexity index is 728. The van der Waals surface area contributed by atoms with Gasteiger partial charge in [-0.05, 0) is 39.0 Å². The van der Waals surface area contributed by atoms with E-state index in [-0.39, 0.29) is 17.8 Å². The van der Waals surface area contributed by atoms with Gasteiger partial charge in [0, 0.05) is 37.1 Å². The maximum Gasteiger partial charge on any atom is 0.222 e. The Labute approximate surface area is 152 Å². The molecule has 0 bridgehead atoms. The van der Waals surface area contributed by atoms with E-state index in [1.165, 1.54) is 18.2 Å². The van der Waals surface area contributed by atoms with Gasteiger partial charge in [0.2, 0.25) is 5.95 Å². The Hall–Kier alpha value is -2.12. The van der Waals surface area contributed by atoms with E-state index in [0.717, 1.165) is 5.69 Å². The van der Waals surface area contributed by atoms with Gasteiger partial charge in [-0.1, -0.05) is 6.07 Å². The summed E-state index contributed by atoms with van der Waals surface area (Å²) in [4.78, 5) is 10.5. The molecule has 7 heteroatoms. The summed E-state index contributed by atoms with van der Waals surface area (Å²) >= 11 is 0. The van der Waals surface area contributed by atoms with Crippen molar-refractivity contribution in [2.45, 2.75) is 39.0 Å². The van der Waals surface area contributed by atoms with Crippen LogP contribution in [0.2, 0.25) is 0 Å². The average Bonchev–Trinajstić information content (AvgIpc) is 2.56. The summed E-state index contributed by atoms with van der Waals surface area (Å²) in [6.07, 6.45) is 1.64. The second-order valence-corrected chi connectivity index (χ2v) is 6.76. The van der Waals surface area contributed by atoms with Gasteiger partial charge in [-0.15, -0.1) is 0 Å². The zero-order valence-electron chi connectivity index (χ0n) is 15.2. The largest absolute Gasteiger partial charge is 0.373 e. The van der Waals surface area contributed by atoms with E-state index >= 15 is 0 Å². The highest BCUT2D eigenvalue weighted by Crippen LogP contribution is 2.29. The van der Waals surface area contributed by atoms with E-state index in [1.54, 1.807) is 12.3 Å². The maximum absolute atomic E-state index is 14.5. The standard InChI is InChI=1S/C19H24F2N4O/c1-12-7-8-22-19(24-12)23-9-17(18-15(20)5-4-6-16(18)21)25-10-13(2)26-14(3)11-25/h4-8,13-14,17H,9-11H2,1-3H3,(H,22,23,24). The lowest BCUT2D eigenvalue weighted by Gasteiger charge is -2.40. The first-order valence-electron chi connectivity index (χ1n) is 8.81. The molecule has 3 atom stereocenters. The minimum Gasteiger partial charge on any atom is -0.373 e. The minimum absolute atomic E-state index is 0.00805. The van der Waals surface area contributed by atoms with Gasteiger partial charge in [-0.25, -0.2) is 18.7 Å². The number of ether oxygens (including phenoxy) is 1. The van der Waals surface area contributed by atoms with Crippen LogP contribution in [0.25, 0.3) is 0 Å². The lowest BCUT2D eigenvalue weighted by atomic mass is 10.0. The lowest BCUT2D eigenvalue weighted by Crippen LogP contribution is -2.48. The van der Waals surface area contributed by atoms with Crippen LogP contribution in [0.3, 0.4) is 0 Å². The van der Waals surface area contributed by atoms with E-state index in [0.29, 0.717) is 25.6 Å². The molecule has 0 aliphatic carbocycles. The van der Waals surface area contributed by atoms with Crippen molar-refractivity contribution in [3.8, 4) is 0 Å². The van der Waals surface area contributed by atoms with E-state index in [9.17, 15) is 8.78 Å². The summed E-state index contributed by atoms with van der Waals surface area (Å²) in [5, 5.41) is 3.13. The normalized spacial score (nSPS) is 22.2. The molecule has 0 radical (unpaired) electrons. The SMILES string of the molecule is Cc1ccnc(NCC(c2c(F)cccc2F)N2CC(C)OC(C)C2)n1. The minimum atomic E-state index is -0.547. The zero-order valence-corrected chi connectivity index (χ0v) is 15.2. The monoisotopic (exact) mass is 362 g/mol. The van der Waals surface area contributed by atoms with Crippen molar-refractivity contribution in [1.29, 1.82) is 0 Å². The quantitative estimate of drug-likeness (QED) is 0.884. The number of aromatic nitrogens is 2. The number of nitrogens with one attached hydrogen (secondary N) is 1. The number of halogens is 2. The van der Waals surface area contributed by atoms with Gasteiger partial charge in [0.1, 0.15) is 11.6 Å². The van der Waals surface area contributed by atoms with E-state index in [1.807, 2.05) is 20.8 Å². The number of benzene rings is 1. The summed E-state index contributed by atoms with van der Waals surface area (Å²) < 4.78 is 34.7. The Morgan fingerprint density at radius 2 is 1.85 bits per heavy atom. The summed E-state index contributed by atoms with van der Waals surface area (Å²) in [5.74, 6) is -0.649. The van der Waals surface area contributed by atoms with Crippen LogP contribution < -0.4 is 5.32 Å². The van der Waals surface area contributed by atoms with Crippen molar-refractivity contribution in [1.82, 2.24) is 14.9 Å². The summed E-state index contributed by atoms with van der Waals surface area (Å²) in [6, 6.07) is 5.27. The highest BCUT2D eigenvalue weighted by Gasteiger charge is 2.32. The van der Waals surface area contributed by atoms with Crippen molar-refractivity contribution < 1.29 is 13.5 Å². The molecule has 1 saturated heterocycles. The predicted octanol–water partition coefficient (Wildman–Crippen LogP) is 3.33. The maximum atomic E-state index is 14.5. The van der Waals surface area contributed by atoms with E-state index < -0.39 is 17.7 Å². The third-order valence-electron chi connectivity index (χ3n) is 4.47. The molecule has 1 aromatic heterocycles. The molecule has 1 aromatic carbocycles. The molecule has 1 aliphatic rings. The molecule has 0 spiro atoms. The van der Waals surface area contributed by atoms with E-state index in [2.05, 4.69) is 20.2 Å². The smallest absolute Gasteiger partial charge is 0.222 e. The predicted molar refractivity (Wildman–Crippen MR) is 95.9 cm³/mol. The van der Waals surface area contributed by atoms with Crippen molar-refractivity contribution in [2.75, 3.05) is 25.0 Å². The van der Waals surface area contributed by atoms with Crippen molar-refractivity contribution >= 4 is 5.95 Å². The number of rotatable bonds is 5. The first-order valence-corrected chi connectivity index (χ1v) is 8.81. The first kappa shape index (κ1) is 18.7. The van der Waals surface area contributed by atoms with Crippen LogP contribution in [-0.4, -0.2) is 46.7 Å². The number of anilines is 1. The van der Waals surface area contributed by atoms with Crippen LogP contribution in [0.1, 0.15) is 31.1 Å². The summed E-state index contributed by atoms with van der Waals surface area (Å²) in [5.41, 5.74) is 0.888. The Morgan fingerprint density at radius 3 is 2.46 bits per heavy atom. The summed E-state index contributed by atoms with van der Waals surface area (Å²) in [7, 11) is 0. The van der Waals surface area contributed by atoms with Gasteiger partial charge in [0.15, 0.2) is 0 Å². The fourth-order valence-electron chi connectivity index (χ4n) is 3.44. The van der Waals surface area contributed by atoms with Gasteiger partial charge in [0.25, 0.3) is 0 Å². The molecule has 26 heavy (non-hydrogen) atoms. The number of aryl methyl sites for hydroxylation is 1. The Morgan fingerprint density at radius 1 is 1.19 bits per heavy atom. The molecule has 0 saturated carbocycles. The highest BCUT2D eigenvalue weighted by molar-refractivity contribution is 5.29. The first-order chi connectivity index (χ1) is 12.4. The second-order valence-electron chi connectivity index (χ2n) is 6.76.